The van der Waals surface area contributed by atoms with Crippen molar-refractivity contribution in [1.82, 2.24) is 10.6 Å². The van der Waals surface area contributed by atoms with E-state index in [1.165, 1.54) is 12.2 Å². The summed E-state index contributed by atoms with van der Waals surface area (Å²) in [5, 5.41) is 13.9. The molecule has 1 aliphatic rings. The third-order valence-corrected chi connectivity index (χ3v) is 6.03. The Hall–Kier alpha value is -4.93. The van der Waals surface area contributed by atoms with Crippen molar-refractivity contribution >= 4 is 29.9 Å². The van der Waals surface area contributed by atoms with Crippen molar-refractivity contribution < 1.29 is 43.3 Å². The van der Waals surface area contributed by atoms with E-state index in [1.54, 1.807) is 0 Å². The van der Waals surface area contributed by atoms with Gasteiger partial charge < -0.3 is 30.0 Å². The first-order chi connectivity index (χ1) is 19.2. The zero-order chi connectivity index (χ0) is 29.1. The lowest BCUT2D eigenvalue weighted by Gasteiger charge is -2.21. The molecule has 11 nitrogen and oxygen atoms in total. The van der Waals surface area contributed by atoms with Gasteiger partial charge in [-0.15, -0.1) is 0 Å². The van der Waals surface area contributed by atoms with Gasteiger partial charge in [-0.3, -0.25) is 14.4 Å². The maximum absolute atomic E-state index is 12.9. The van der Waals surface area contributed by atoms with Gasteiger partial charge in [0.05, 0.1) is 12.8 Å². The zero-order valence-corrected chi connectivity index (χ0v) is 21.7. The molecule has 2 aromatic carbocycles. The van der Waals surface area contributed by atoms with E-state index < -0.39 is 54.8 Å². The summed E-state index contributed by atoms with van der Waals surface area (Å²) in [6, 6.07) is 12.2. The molecule has 3 rings (SSSR count). The number of carbonyl (C=O) groups is 5. The average molecular weight is 551 g/mol. The highest BCUT2D eigenvalue weighted by Gasteiger charge is 2.32. The molecule has 0 unspecified atom stereocenters. The molecule has 0 aliphatic heterocycles. The number of aliphatic carboxylic acids is 1. The van der Waals surface area contributed by atoms with Crippen molar-refractivity contribution in [1.29, 1.82) is 0 Å². The van der Waals surface area contributed by atoms with Crippen molar-refractivity contribution in [3.8, 4) is 11.1 Å². The van der Waals surface area contributed by atoms with Gasteiger partial charge in [0.1, 0.15) is 31.9 Å². The van der Waals surface area contributed by atoms with Crippen molar-refractivity contribution in [3.63, 3.8) is 0 Å². The van der Waals surface area contributed by atoms with E-state index in [2.05, 4.69) is 23.8 Å². The number of carbonyl (C=O) groups excluding carboxylic acids is 4. The van der Waals surface area contributed by atoms with E-state index in [1.807, 2.05) is 48.5 Å². The maximum atomic E-state index is 12.9. The number of hydrogen-bond acceptors (Lipinski definition) is 8. The molecule has 2 amide bonds. The van der Waals surface area contributed by atoms with Crippen LogP contribution in [0, 0.1) is 0 Å². The van der Waals surface area contributed by atoms with E-state index in [9.17, 15) is 29.1 Å². The average Bonchev–Trinajstić information content (AvgIpc) is 3.26. The van der Waals surface area contributed by atoms with Gasteiger partial charge >= 0.3 is 24.0 Å². The van der Waals surface area contributed by atoms with Gasteiger partial charge in [0.15, 0.2) is 0 Å². The highest BCUT2D eigenvalue weighted by Crippen LogP contribution is 2.44. The molecule has 40 heavy (non-hydrogen) atoms. The highest BCUT2D eigenvalue weighted by molar-refractivity contribution is 5.93. The van der Waals surface area contributed by atoms with Gasteiger partial charge in [0.25, 0.3) is 0 Å². The summed E-state index contributed by atoms with van der Waals surface area (Å²) in [7, 11) is 0. The maximum Gasteiger partial charge on any atom is 0.407 e. The number of hydrogen-bond donors (Lipinski definition) is 3. The number of nitrogens with one attached hydrogen (secondary N) is 2. The Morgan fingerprint density at radius 3 is 1.77 bits per heavy atom. The van der Waals surface area contributed by atoms with Crippen LogP contribution in [0.3, 0.4) is 0 Å². The zero-order valence-electron chi connectivity index (χ0n) is 21.7. The second-order valence-corrected chi connectivity index (χ2v) is 8.77. The van der Waals surface area contributed by atoms with Crippen LogP contribution in [0.1, 0.15) is 29.9 Å². The van der Waals surface area contributed by atoms with E-state index in [-0.39, 0.29) is 25.7 Å². The van der Waals surface area contributed by atoms with Crippen LogP contribution in [0.25, 0.3) is 11.1 Å². The van der Waals surface area contributed by atoms with Crippen LogP contribution in [-0.4, -0.2) is 66.9 Å². The van der Waals surface area contributed by atoms with Gasteiger partial charge in [-0.25, -0.2) is 9.59 Å². The molecule has 11 heteroatoms. The van der Waals surface area contributed by atoms with Crippen LogP contribution in [0.15, 0.2) is 73.8 Å². The first kappa shape index (κ1) is 29.6. The largest absolute Gasteiger partial charge is 0.480 e. The minimum atomic E-state index is -1.68. The Labute approximate surface area is 230 Å². The number of rotatable bonds is 14. The molecule has 3 N–H and O–H groups in total. The Morgan fingerprint density at radius 1 is 0.775 bits per heavy atom. The lowest BCUT2D eigenvalue weighted by atomic mass is 9.98. The summed E-state index contributed by atoms with van der Waals surface area (Å²) >= 11 is 0. The smallest absolute Gasteiger partial charge is 0.407 e. The second kappa shape index (κ2) is 14.3. The van der Waals surface area contributed by atoms with Crippen LogP contribution in [0.4, 0.5) is 4.79 Å². The van der Waals surface area contributed by atoms with Crippen LogP contribution >= 0.6 is 0 Å². The Balaban J connectivity index is 1.69. The minimum absolute atomic E-state index is 0.0536. The molecule has 0 bridgehead atoms. The molecule has 0 saturated carbocycles. The standard InChI is InChI=1S/C29H30N2O9/c1-3-13-38-25(32)15-23(27(34)30-24(28(35)36)16-26(33)39-14-4-2)31-29(37)40-17-22-20-11-7-5-9-18(20)19-10-6-8-12-21(19)22/h3-12,22-24H,1-2,13-17H2,(H,30,34)(H,31,37)(H,35,36)/t23-,24+/m1/s1. The van der Waals surface area contributed by atoms with E-state index >= 15 is 0 Å². The van der Waals surface area contributed by atoms with E-state index in [0.29, 0.717) is 0 Å². The number of esters is 2. The quantitative estimate of drug-likeness (QED) is 0.183. The van der Waals surface area contributed by atoms with Crippen LogP contribution in [0.2, 0.25) is 0 Å². The minimum Gasteiger partial charge on any atom is -0.480 e. The Kier molecular flexibility index (Phi) is 10.6. The molecule has 0 fully saturated rings. The fraction of sp³-hybridized carbons (Fsp3) is 0.276. The third-order valence-electron chi connectivity index (χ3n) is 6.03. The van der Waals surface area contributed by atoms with Crippen molar-refractivity contribution in [2.75, 3.05) is 19.8 Å². The molecule has 2 aromatic rings. The van der Waals surface area contributed by atoms with Gasteiger partial charge in [0.2, 0.25) is 5.91 Å². The van der Waals surface area contributed by atoms with Crippen molar-refractivity contribution in [2.45, 2.75) is 30.8 Å². The normalized spacial score (nSPS) is 13.0. The molecular weight excluding hydrogens is 520 g/mol. The number of benzene rings is 2. The van der Waals surface area contributed by atoms with Crippen LogP contribution < -0.4 is 10.6 Å². The number of fused-ring (bicyclic) bond motifs is 3. The SMILES string of the molecule is C=CCOC(=O)C[C@H](NC(=O)[C@@H](CC(=O)OCC=C)NC(=O)OCC1c2ccccc2-c2ccccc21)C(=O)O. The predicted octanol–water partition coefficient (Wildman–Crippen LogP) is 2.70. The summed E-state index contributed by atoms with van der Waals surface area (Å²) in [5.41, 5.74) is 4.01. The lowest BCUT2D eigenvalue weighted by Crippen LogP contribution is -2.53. The van der Waals surface area contributed by atoms with Crippen molar-refractivity contribution in [3.05, 3.63) is 85.0 Å². The van der Waals surface area contributed by atoms with E-state index in [4.69, 9.17) is 14.2 Å². The second-order valence-electron chi connectivity index (χ2n) is 8.77. The lowest BCUT2D eigenvalue weighted by molar-refractivity contribution is -0.150. The first-order valence-electron chi connectivity index (χ1n) is 12.4. The summed E-state index contributed by atoms with van der Waals surface area (Å²) in [4.78, 5) is 61.4. The predicted molar refractivity (Wildman–Crippen MR) is 143 cm³/mol. The fourth-order valence-corrected chi connectivity index (χ4v) is 4.22. The van der Waals surface area contributed by atoms with Gasteiger partial charge in [-0.2, -0.15) is 0 Å². The number of amides is 2. The van der Waals surface area contributed by atoms with Gasteiger partial charge in [0, 0.05) is 5.92 Å². The summed E-state index contributed by atoms with van der Waals surface area (Å²) in [6.07, 6.45) is 0.303. The summed E-state index contributed by atoms with van der Waals surface area (Å²) < 4.78 is 15.1. The Morgan fingerprint density at radius 2 is 1.27 bits per heavy atom. The van der Waals surface area contributed by atoms with Crippen molar-refractivity contribution in [2.24, 2.45) is 0 Å². The molecule has 0 aromatic heterocycles. The summed E-state index contributed by atoms with van der Waals surface area (Å²) in [5.74, 6) is -4.54. The molecule has 0 saturated heterocycles. The molecule has 2 atom stereocenters. The topological polar surface area (TPSA) is 157 Å². The summed E-state index contributed by atoms with van der Waals surface area (Å²) in [6.45, 7) is 6.50. The molecule has 1 aliphatic carbocycles. The monoisotopic (exact) mass is 550 g/mol. The first-order valence-corrected chi connectivity index (χ1v) is 12.4. The van der Waals surface area contributed by atoms with Crippen LogP contribution in [0.5, 0.6) is 0 Å². The number of ether oxygens (including phenoxy) is 3. The molecule has 210 valence electrons. The van der Waals surface area contributed by atoms with E-state index in [0.717, 1.165) is 22.3 Å². The van der Waals surface area contributed by atoms with Gasteiger partial charge in [-0.05, 0) is 22.3 Å². The molecular formula is C29H30N2O9. The highest BCUT2D eigenvalue weighted by atomic mass is 16.6. The third kappa shape index (κ3) is 7.79. The molecule has 0 spiro atoms. The van der Waals surface area contributed by atoms with Crippen LogP contribution in [-0.2, 0) is 33.4 Å². The molecule has 0 heterocycles. The van der Waals surface area contributed by atoms with Gasteiger partial charge in [-0.1, -0.05) is 73.8 Å². The number of carboxylic acid groups (broad SMARTS) is 1. The number of carboxylic acids is 1. The Bertz CT molecular complexity index is 1240. The fourth-order valence-electron chi connectivity index (χ4n) is 4.22. The molecule has 0 radical (unpaired) electrons. The number of alkyl carbamates (subject to hydrolysis) is 1.